The number of aryl methyl sites for hydroxylation is 2. The molecule has 0 heterocycles. The number of para-hydroxylation sites is 1. The summed E-state index contributed by atoms with van der Waals surface area (Å²) in [5.74, 6) is -1.14. The van der Waals surface area contributed by atoms with Crippen LogP contribution in [0.1, 0.15) is 34.3 Å². The zero-order valence-corrected chi connectivity index (χ0v) is 16.5. The minimum Gasteiger partial charge on any atom is -0.452 e. The second-order valence-electron chi connectivity index (χ2n) is 6.81. The minimum atomic E-state index is -3.57. The summed E-state index contributed by atoms with van der Waals surface area (Å²) in [6, 6.07) is 11.1. The van der Waals surface area contributed by atoms with Gasteiger partial charge in [-0.1, -0.05) is 18.2 Å². The first-order valence-corrected chi connectivity index (χ1v) is 10.4. The number of amides is 1. The monoisotopic (exact) mass is 402 g/mol. The smallest absolute Gasteiger partial charge is 0.338 e. The van der Waals surface area contributed by atoms with Crippen molar-refractivity contribution in [3.05, 3.63) is 59.2 Å². The van der Waals surface area contributed by atoms with Crippen molar-refractivity contribution < 1.29 is 22.7 Å². The Morgan fingerprint density at radius 2 is 1.64 bits per heavy atom. The number of rotatable bonds is 7. The van der Waals surface area contributed by atoms with Gasteiger partial charge in [0.2, 0.25) is 10.0 Å². The lowest BCUT2D eigenvalue weighted by atomic mass is 10.1. The van der Waals surface area contributed by atoms with Gasteiger partial charge in [-0.15, -0.1) is 0 Å². The maximum absolute atomic E-state index is 12.1. The van der Waals surface area contributed by atoms with Crippen molar-refractivity contribution in [2.75, 3.05) is 11.9 Å². The Labute approximate surface area is 164 Å². The molecule has 3 rings (SSSR count). The SMILES string of the molecule is Cc1cccc(C)c1NC(=O)COC(=O)c1ccc(S(=O)(=O)NC2CC2)cc1. The number of nitrogens with one attached hydrogen (secondary N) is 2. The van der Waals surface area contributed by atoms with E-state index in [0.717, 1.165) is 24.0 Å². The molecule has 0 aliphatic heterocycles. The number of esters is 1. The third-order valence-corrected chi connectivity index (χ3v) is 5.92. The summed E-state index contributed by atoms with van der Waals surface area (Å²) >= 11 is 0. The molecule has 0 radical (unpaired) electrons. The quantitative estimate of drug-likeness (QED) is 0.693. The van der Waals surface area contributed by atoms with E-state index in [1.165, 1.54) is 24.3 Å². The molecular formula is C20H22N2O5S. The van der Waals surface area contributed by atoms with Crippen LogP contribution in [-0.4, -0.2) is 32.9 Å². The summed E-state index contributed by atoms with van der Waals surface area (Å²) in [5, 5.41) is 2.73. The minimum absolute atomic E-state index is 0.00467. The molecule has 7 nitrogen and oxygen atoms in total. The number of hydrogen-bond donors (Lipinski definition) is 2. The fourth-order valence-electron chi connectivity index (χ4n) is 2.66. The van der Waals surface area contributed by atoms with Gasteiger partial charge in [0.25, 0.3) is 5.91 Å². The number of ether oxygens (including phenoxy) is 1. The van der Waals surface area contributed by atoms with Gasteiger partial charge in [-0.2, -0.15) is 0 Å². The van der Waals surface area contributed by atoms with Gasteiger partial charge in [0.15, 0.2) is 6.61 Å². The molecule has 2 aromatic carbocycles. The van der Waals surface area contributed by atoms with E-state index in [9.17, 15) is 18.0 Å². The molecule has 0 saturated heterocycles. The molecule has 0 bridgehead atoms. The van der Waals surface area contributed by atoms with E-state index in [0.29, 0.717) is 5.69 Å². The molecule has 1 fully saturated rings. The molecular weight excluding hydrogens is 380 g/mol. The van der Waals surface area contributed by atoms with E-state index < -0.39 is 28.5 Å². The number of hydrogen-bond acceptors (Lipinski definition) is 5. The van der Waals surface area contributed by atoms with Crippen molar-refractivity contribution in [1.82, 2.24) is 4.72 Å². The van der Waals surface area contributed by atoms with Crippen LogP contribution in [0.2, 0.25) is 0 Å². The molecule has 0 unspecified atom stereocenters. The predicted octanol–water partition coefficient (Wildman–Crippen LogP) is 2.54. The van der Waals surface area contributed by atoms with Crippen LogP contribution in [0.5, 0.6) is 0 Å². The van der Waals surface area contributed by atoms with Gasteiger partial charge < -0.3 is 10.1 Å². The third kappa shape index (κ3) is 4.96. The van der Waals surface area contributed by atoms with Crippen LogP contribution in [0.25, 0.3) is 0 Å². The van der Waals surface area contributed by atoms with Crippen molar-refractivity contribution in [2.45, 2.75) is 37.6 Å². The second-order valence-corrected chi connectivity index (χ2v) is 8.53. The van der Waals surface area contributed by atoms with E-state index >= 15 is 0 Å². The number of carbonyl (C=O) groups excluding carboxylic acids is 2. The van der Waals surface area contributed by atoms with E-state index in [2.05, 4.69) is 10.0 Å². The van der Waals surface area contributed by atoms with Gasteiger partial charge in [-0.25, -0.2) is 17.9 Å². The van der Waals surface area contributed by atoms with Gasteiger partial charge in [0, 0.05) is 11.7 Å². The Kier molecular flexibility index (Phi) is 5.81. The molecule has 8 heteroatoms. The molecule has 0 aromatic heterocycles. The maximum Gasteiger partial charge on any atom is 0.338 e. The highest BCUT2D eigenvalue weighted by molar-refractivity contribution is 7.89. The average molecular weight is 402 g/mol. The summed E-state index contributed by atoms with van der Waals surface area (Å²) in [5.41, 5.74) is 2.69. The lowest BCUT2D eigenvalue weighted by Crippen LogP contribution is -2.25. The van der Waals surface area contributed by atoms with Crippen LogP contribution in [0, 0.1) is 13.8 Å². The Hall–Kier alpha value is -2.71. The Morgan fingerprint density at radius 1 is 1.04 bits per heavy atom. The highest BCUT2D eigenvalue weighted by atomic mass is 32.2. The van der Waals surface area contributed by atoms with Gasteiger partial charge in [-0.05, 0) is 62.1 Å². The average Bonchev–Trinajstić information content (AvgIpc) is 3.46. The van der Waals surface area contributed by atoms with E-state index in [1.807, 2.05) is 32.0 Å². The first kappa shape index (κ1) is 20.0. The van der Waals surface area contributed by atoms with Gasteiger partial charge in [0.1, 0.15) is 0 Å². The highest BCUT2D eigenvalue weighted by Crippen LogP contribution is 2.22. The molecule has 2 N–H and O–H groups in total. The Morgan fingerprint density at radius 3 is 2.21 bits per heavy atom. The molecule has 0 spiro atoms. The van der Waals surface area contributed by atoms with Crippen molar-refractivity contribution in [1.29, 1.82) is 0 Å². The molecule has 148 valence electrons. The predicted molar refractivity (Wildman–Crippen MR) is 105 cm³/mol. The number of anilines is 1. The maximum atomic E-state index is 12.1. The molecule has 2 aromatic rings. The van der Waals surface area contributed by atoms with E-state index in [4.69, 9.17) is 4.74 Å². The largest absolute Gasteiger partial charge is 0.452 e. The fraction of sp³-hybridized carbons (Fsp3) is 0.300. The van der Waals surface area contributed by atoms with Gasteiger partial charge >= 0.3 is 5.97 Å². The van der Waals surface area contributed by atoms with Crippen molar-refractivity contribution >= 4 is 27.6 Å². The summed E-state index contributed by atoms with van der Waals surface area (Å²) in [6.07, 6.45) is 1.68. The molecule has 1 saturated carbocycles. The molecule has 1 amide bonds. The first-order chi connectivity index (χ1) is 13.3. The second kappa shape index (κ2) is 8.12. The zero-order chi connectivity index (χ0) is 20.3. The summed E-state index contributed by atoms with van der Waals surface area (Å²) < 4.78 is 31.9. The van der Waals surface area contributed by atoms with E-state index in [-0.39, 0.29) is 16.5 Å². The normalized spacial score (nSPS) is 13.8. The number of benzene rings is 2. The van der Waals surface area contributed by atoms with Crippen LogP contribution < -0.4 is 10.0 Å². The first-order valence-electron chi connectivity index (χ1n) is 8.92. The summed E-state index contributed by atoms with van der Waals surface area (Å²) in [7, 11) is -3.57. The van der Waals surface area contributed by atoms with Crippen molar-refractivity contribution in [2.24, 2.45) is 0 Å². The van der Waals surface area contributed by atoms with Crippen LogP contribution in [-0.2, 0) is 19.6 Å². The topological polar surface area (TPSA) is 102 Å². The lowest BCUT2D eigenvalue weighted by Gasteiger charge is -2.11. The van der Waals surface area contributed by atoms with Crippen LogP contribution in [0.15, 0.2) is 47.4 Å². The van der Waals surface area contributed by atoms with Gasteiger partial charge in [-0.3, -0.25) is 4.79 Å². The van der Waals surface area contributed by atoms with Crippen molar-refractivity contribution in [3.8, 4) is 0 Å². The zero-order valence-electron chi connectivity index (χ0n) is 15.7. The fourth-order valence-corrected chi connectivity index (χ4v) is 3.97. The third-order valence-electron chi connectivity index (χ3n) is 4.38. The van der Waals surface area contributed by atoms with Crippen molar-refractivity contribution in [3.63, 3.8) is 0 Å². The van der Waals surface area contributed by atoms with E-state index in [1.54, 1.807) is 0 Å². The van der Waals surface area contributed by atoms with Crippen LogP contribution in [0.4, 0.5) is 5.69 Å². The Bertz CT molecular complexity index is 976. The van der Waals surface area contributed by atoms with Gasteiger partial charge in [0.05, 0.1) is 10.5 Å². The molecule has 1 aliphatic rings. The Balaban J connectivity index is 1.56. The summed E-state index contributed by atoms with van der Waals surface area (Å²) in [4.78, 5) is 24.3. The number of sulfonamides is 1. The highest BCUT2D eigenvalue weighted by Gasteiger charge is 2.28. The number of carbonyl (C=O) groups is 2. The van der Waals surface area contributed by atoms with Crippen LogP contribution >= 0.6 is 0 Å². The molecule has 0 atom stereocenters. The standard InChI is InChI=1S/C20H22N2O5S/c1-13-4-3-5-14(2)19(13)21-18(23)12-27-20(24)15-6-10-17(11-7-15)28(25,26)22-16-8-9-16/h3-7,10-11,16,22H,8-9,12H2,1-2H3,(H,21,23). The van der Waals surface area contributed by atoms with Crippen LogP contribution in [0.3, 0.4) is 0 Å². The molecule has 28 heavy (non-hydrogen) atoms. The molecule has 1 aliphatic carbocycles. The lowest BCUT2D eigenvalue weighted by molar-refractivity contribution is -0.119. The summed E-state index contributed by atoms with van der Waals surface area (Å²) in [6.45, 7) is 3.32.